The van der Waals surface area contributed by atoms with E-state index in [9.17, 15) is 21.2 Å². The van der Waals surface area contributed by atoms with Gasteiger partial charge < -0.3 is 0 Å². The number of sulfonamides is 1. The normalized spacial score (nSPS) is 11.8. The molecule has 1 aromatic rings. The Balaban J connectivity index is 3.13. The highest BCUT2D eigenvalue weighted by molar-refractivity contribution is 7.91. The molecule has 0 aliphatic rings. The first kappa shape index (κ1) is 16.6. The average molecular weight is 319 g/mol. The molecular weight excluding hydrogens is 305 g/mol. The van der Waals surface area contributed by atoms with Crippen LogP contribution in [-0.2, 0) is 19.9 Å². The minimum absolute atomic E-state index is 0.0196. The van der Waals surface area contributed by atoms with E-state index in [0.717, 1.165) is 24.5 Å². The summed E-state index contributed by atoms with van der Waals surface area (Å²) in [6.07, 6.45) is 1.20. The standard InChI is InChI=1S/C12H14FNO4S2/c1-3-4-5-8-14-20(17,18)12-9-10(19(2,15)16)6-7-11(12)13/h6-7,9,14H,5,8H2,1-2H3. The molecule has 0 saturated heterocycles. The van der Waals surface area contributed by atoms with E-state index in [1.807, 2.05) is 0 Å². The van der Waals surface area contributed by atoms with Crippen molar-refractivity contribution in [3.8, 4) is 11.8 Å². The highest BCUT2D eigenvalue weighted by Gasteiger charge is 2.21. The molecule has 0 aliphatic carbocycles. The second-order valence-corrected chi connectivity index (χ2v) is 7.69. The number of rotatable bonds is 5. The highest BCUT2D eigenvalue weighted by atomic mass is 32.2. The number of hydrogen-bond acceptors (Lipinski definition) is 4. The van der Waals surface area contributed by atoms with Crippen molar-refractivity contribution in [1.29, 1.82) is 0 Å². The Morgan fingerprint density at radius 2 is 1.90 bits per heavy atom. The van der Waals surface area contributed by atoms with Gasteiger partial charge in [-0.3, -0.25) is 0 Å². The third-order valence-corrected chi connectivity index (χ3v) is 4.93. The summed E-state index contributed by atoms with van der Waals surface area (Å²) in [5.74, 6) is 4.24. The Morgan fingerprint density at radius 3 is 2.45 bits per heavy atom. The van der Waals surface area contributed by atoms with E-state index >= 15 is 0 Å². The van der Waals surface area contributed by atoms with Crippen molar-refractivity contribution in [2.24, 2.45) is 0 Å². The summed E-state index contributed by atoms with van der Waals surface area (Å²) in [5, 5.41) is 0. The zero-order valence-electron chi connectivity index (χ0n) is 11.0. The van der Waals surface area contributed by atoms with Gasteiger partial charge in [0.15, 0.2) is 9.84 Å². The van der Waals surface area contributed by atoms with Gasteiger partial charge >= 0.3 is 0 Å². The topological polar surface area (TPSA) is 80.3 Å². The molecule has 0 saturated carbocycles. The predicted molar refractivity (Wildman–Crippen MR) is 72.8 cm³/mol. The van der Waals surface area contributed by atoms with Crippen molar-refractivity contribution < 1.29 is 21.2 Å². The van der Waals surface area contributed by atoms with E-state index in [2.05, 4.69) is 16.6 Å². The number of hydrogen-bond donors (Lipinski definition) is 1. The first-order valence-electron chi connectivity index (χ1n) is 5.57. The third-order valence-electron chi connectivity index (χ3n) is 2.34. The summed E-state index contributed by atoms with van der Waals surface area (Å²) in [7, 11) is -7.72. The van der Waals surface area contributed by atoms with E-state index in [1.54, 1.807) is 6.92 Å². The van der Waals surface area contributed by atoms with E-state index < -0.39 is 30.6 Å². The number of sulfone groups is 1. The molecule has 0 aromatic heterocycles. The Hall–Kier alpha value is -1.43. The van der Waals surface area contributed by atoms with Gasteiger partial charge in [-0.2, -0.15) is 0 Å². The van der Waals surface area contributed by atoms with Crippen LogP contribution in [0.4, 0.5) is 4.39 Å². The fourth-order valence-electron chi connectivity index (χ4n) is 1.37. The van der Waals surface area contributed by atoms with Crippen molar-refractivity contribution in [2.75, 3.05) is 12.8 Å². The van der Waals surface area contributed by atoms with Gasteiger partial charge in [0.25, 0.3) is 0 Å². The van der Waals surface area contributed by atoms with Crippen molar-refractivity contribution in [3.63, 3.8) is 0 Å². The first-order valence-corrected chi connectivity index (χ1v) is 8.95. The predicted octanol–water partition coefficient (Wildman–Crippen LogP) is 0.921. The van der Waals surface area contributed by atoms with E-state index in [1.165, 1.54) is 0 Å². The summed E-state index contributed by atoms with van der Waals surface area (Å²) in [6, 6.07) is 2.64. The quantitative estimate of drug-likeness (QED) is 0.497. The van der Waals surface area contributed by atoms with Crippen molar-refractivity contribution in [2.45, 2.75) is 23.1 Å². The van der Waals surface area contributed by atoms with Crippen LogP contribution in [0.25, 0.3) is 0 Å². The van der Waals surface area contributed by atoms with Gasteiger partial charge in [0.2, 0.25) is 10.0 Å². The van der Waals surface area contributed by atoms with Gasteiger partial charge in [-0.05, 0) is 25.1 Å². The fraction of sp³-hybridized carbons (Fsp3) is 0.333. The smallest absolute Gasteiger partial charge is 0.224 e. The SMILES string of the molecule is CC#CCCNS(=O)(=O)c1cc(S(C)(=O)=O)ccc1F. The molecule has 20 heavy (non-hydrogen) atoms. The lowest BCUT2D eigenvalue weighted by molar-refractivity contribution is 0.555. The van der Waals surface area contributed by atoms with Gasteiger partial charge in [0.1, 0.15) is 10.7 Å². The van der Waals surface area contributed by atoms with Crippen LogP contribution < -0.4 is 4.72 Å². The summed E-state index contributed by atoms with van der Waals surface area (Å²) in [5.41, 5.74) is 0. The molecule has 0 unspecified atom stereocenters. The van der Waals surface area contributed by atoms with Gasteiger partial charge in [-0.1, -0.05) is 0 Å². The van der Waals surface area contributed by atoms with Gasteiger partial charge in [0.05, 0.1) is 4.90 Å². The van der Waals surface area contributed by atoms with Crippen molar-refractivity contribution in [1.82, 2.24) is 4.72 Å². The van der Waals surface area contributed by atoms with Crippen LogP contribution in [-0.4, -0.2) is 29.6 Å². The molecule has 1 N–H and O–H groups in total. The molecule has 8 heteroatoms. The minimum Gasteiger partial charge on any atom is -0.224 e. The zero-order chi connectivity index (χ0) is 15.4. The Labute approximate surface area is 118 Å². The average Bonchev–Trinajstić information content (AvgIpc) is 2.33. The molecule has 0 amide bonds. The van der Waals surface area contributed by atoms with Crippen LogP contribution in [0.3, 0.4) is 0 Å². The molecule has 1 aromatic carbocycles. The summed E-state index contributed by atoms with van der Waals surface area (Å²) in [6.45, 7) is 1.63. The maximum atomic E-state index is 13.6. The van der Waals surface area contributed by atoms with E-state index in [-0.39, 0.29) is 17.9 Å². The van der Waals surface area contributed by atoms with E-state index in [0.29, 0.717) is 0 Å². The molecule has 0 heterocycles. The van der Waals surface area contributed by atoms with Gasteiger partial charge in [-0.15, -0.1) is 11.8 Å². The second kappa shape index (κ2) is 6.35. The molecule has 0 spiro atoms. The molecular formula is C12H14FNO4S2. The van der Waals surface area contributed by atoms with Gasteiger partial charge in [0, 0.05) is 19.2 Å². The zero-order valence-corrected chi connectivity index (χ0v) is 12.6. The molecule has 1 rings (SSSR count). The molecule has 110 valence electrons. The fourth-order valence-corrected chi connectivity index (χ4v) is 3.23. The molecule has 5 nitrogen and oxygen atoms in total. The molecule has 0 radical (unpaired) electrons. The number of halogens is 1. The molecule has 0 fully saturated rings. The Morgan fingerprint density at radius 1 is 1.25 bits per heavy atom. The largest absolute Gasteiger partial charge is 0.243 e. The van der Waals surface area contributed by atoms with Crippen LogP contribution in [0.5, 0.6) is 0 Å². The van der Waals surface area contributed by atoms with Crippen molar-refractivity contribution >= 4 is 19.9 Å². The van der Waals surface area contributed by atoms with Crippen LogP contribution in [0.15, 0.2) is 28.0 Å². The highest BCUT2D eigenvalue weighted by Crippen LogP contribution is 2.19. The van der Waals surface area contributed by atoms with Crippen molar-refractivity contribution in [3.05, 3.63) is 24.0 Å². The lowest BCUT2D eigenvalue weighted by atomic mass is 10.3. The second-order valence-electron chi connectivity index (χ2n) is 3.94. The Kier molecular flexibility index (Phi) is 5.28. The lowest BCUT2D eigenvalue weighted by Crippen LogP contribution is -2.25. The monoisotopic (exact) mass is 319 g/mol. The maximum absolute atomic E-state index is 13.6. The lowest BCUT2D eigenvalue weighted by Gasteiger charge is -2.08. The molecule has 0 bridgehead atoms. The number of benzene rings is 1. The summed E-state index contributed by atoms with van der Waals surface area (Å²) < 4.78 is 62.3. The third kappa shape index (κ3) is 4.30. The Bertz CT molecular complexity index is 758. The van der Waals surface area contributed by atoms with Crippen LogP contribution in [0, 0.1) is 17.7 Å². The first-order chi connectivity index (χ1) is 9.18. The molecule has 0 atom stereocenters. The summed E-state index contributed by atoms with van der Waals surface area (Å²) >= 11 is 0. The van der Waals surface area contributed by atoms with E-state index in [4.69, 9.17) is 0 Å². The minimum atomic E-state index is -4.11. The maximum Gasteiger partial charge on any atom is 0.243 e. The van der Waals surface area contributed by atoms with Gasteiger partial charge in [-0.25, -0.2) is 25.9 Å². The molecule has 0 aliphatic heterocycles. The van der Waals surface area contributed by atoms with Crippen LogP contribution >= 0.6 is 0 Å². The van der Waals surface area contributed by atoms with Crippen LogP contribution in [0.1, 0.15) is 13.3 Å². The number of nitrogens with one attached hydrogen (secondary N) is 1. The van der Waals surface area contributed by atoms with Crippen LogP contribution in [0.2, 0.25) is 0 Å². The summed E-state index contributed by atoms with van der Waals surface area (Å²) in [4.78, 5) is -0.947.